The largest absolute Gasteiger partial charge is 0.370 e. The summed E-state index contributed by atoms with van der Waals surface area (Å²) in [7, 11) is 0. The van der Waals surface area contributed by atoms with E-state index >= 15 is 0 Å². The molecule has 1 aliphatic heterocycles. The first kappa shape index (κ1) is 17.4. The molecule has 4 N–H and O–H groups in total. The van der Waals surface area contributed by atoms with Crippen LogP contribution in [0.2, 0.25) is 0 Å². The van der Waals surface area contributed by atoms with Gasteiger partial charge in [0.15, 0.2) is 11.1 Å². The number of amides is 1. The zero-order valence-corrected chi connectivity index (χ0v) is 15.3. The fourth-order valence-corrected chi connectivity index (χ4v) is 4.08. The van der Waals surface area contributed by atoms with Gasteiger partial charge in [-0.05, 0) is 18.4 Å². The Morgan fingerprint density at radius 1 is 1.32 bits per heavy atom. The van der Waals surface area contributed by atoms with E-state index in [-0.39, 0.29) is 11.9 Å². The highest BCUT2D eigenvalue weighted by atomic mass is 32.2. The van der Waals surface area contributed by atoms with Crippen LogP contribution in [0.1, 0.15) is 20.9 Å². The van der Waals surface area contributed by atoms with Crippen molar-refractivity contribution >= 4 is 45.3 Å². The molecular formula is C16H18N6OS2. The monoisotopic (exact) mass is 374 g/mol. The maximum absolute atomic E-state index is 12.3. The molecule has 9 heteroatoms. The van der Waals surface area contributed by atoms with Gasteiger partial charge in [0.1, 0.15) is 0 Å². The van der Waals surface area contributed by atoms with Crippen molar-refractivity contribution in [3.05, 3.63) is 46.5 Å². The molecule has 0 aliphatic carbocycles. The van der Waals surface area contributed by atoms with Gasteiger partial charge in [0.2, 0.25) is 5.13 Å². The Balaban J connectivity index is 1.79. The lowest BCUT2D eigenvalue weighted by Crippen LogP contribution is -2.34. The predicted molar refractivity (Wildman–Crippen MR) is 103 cm³/mol. The van der Waals surface area contributed by atoms with Crippen LogP contribution < -0.4 is 11.5 Å². The number of thiazole rings is 1. The van der Waals surface area contributed by atoms with Crippen LogP contribution >= 0.6 is 23.1 Å². The summed E-state index contributed by atoms with van der Waals surface area (Å²) in [5.41, 5.74) is 12.4. The SMILES string of the molecule is CSC(=NC(=O)c1ccccc1)N1CCc2nc(N=C(N)N)sc2C1. The minimum absolute atomic E-state index is 0.00257. The number of carbonyl (C=O) groups excluding carboxylic acids is 1. The molecule has 0 radical (unpaired) electrons. The number of aliphatic imine (C=N–C) groups is 2. The van der Waals surface area contributed by atoms with Gasteiger partial charge in [-0.25, -0.2) is 4.98 Å². The molecule has 25 heavy (non-hydrogen) atoms. The van der Waals surface area contributed by atoms with Gasteiger partial charge in [0, 0.05) is 23.4 Å². The Morgan fingerprint density at radius 3 is 2.76 bits per heavy atom. The lowest BCUT2D eigenvalue weighted by Gasteiger charge is -2.27. The summed E-state index contributed by atoms with van der Waals surface area (Å²) in [6.45, 7) is 1.40. The zero-order chi connectivity index (χ0) is 17.8. The number of carbonyl (C=O) groups is 1. The van der Waals surface area contributed by atoms with E-state index in [1.807, 2.05) is 24.5 Å². The van der Waals surface area contributed by atoms with Crippen LogP contribution in [-0.4, -0.2) is 39.7 Å². The smallest absolute Gasteiger partial charge is 0.279 e. The van der Waals surface area contributed by atoms with E-state index < -0.39 is 0 Å². The number of thioether (sulfide) groups is 1. The predicted octanol–water partition coefficient (Wildman–Crippen LogP) is 1.97. The third-order valence-electron chi connectivity index (χ3n) is 3.62. The van der Waals surface area contributed by atoms with Gasteiger partial charge in [-0.15, -0.1) is 0 Å². The van der Waals surface area contributed by atoms with Crippen molar-refractivity contribution in [1.29, 1.82) is 0 Å². The first-order chi connectivity index (χ1) is 12.1. The molecule has 0 spiro atoms. The number of aromatic nitrogens is 1. The molecule has 0 unspecified atom stereocenters. The van der Waals surface area contributed by atoms with Gasteiger partial charge in [-0.2, -0.15) is 9.98 Å². The number of rotatable bonds is 2. The fraction of sp³-hybridized carbons (Fsp3) is 0.250. The van der Waals surface area contributed by atoms with Crippen molar-refractivity contribution in [2.24, 2.45) is 21.5 Å². The second-order valence-electron chi connectivity index (χ2n) is 5.34. The van der Waals surface area contributed by atoms with Gasteiger partial charge >= 0.3 is 0 Å². The summed E-state index contributed by atoms with van der Waals surface area (Å²) in [5, 5.41) is 1.27. The van der Waals surface area contributed by atoms with Crippen molar-refractivity contribution in [2.45, 2.75) is 13.0 Å². The number of fused-ring (bicyclic) bond motifs is 1. The molecule has 3 rings (SSSR count). The average Bonchev–Trinajstić information content (AvgIpc) is 3.00. The molecule has 1 amide bonds. The summed E-state index contributed by atoms with van der Waals surface area (Å²) in [5.74, 6) is -0.232. The topological polar surface area (TPSA) is 110 Å². The lowest BCUT2D eigenvalue weighted by molar-refractivity contribution is 0.100. The minimum atomic E-state index is -0.235. The normalized spacial score (nSPS) is 14.1. The van der Waals surface area contributed by atoms with Gasteiger partial charge in [-0.3, -0.25) is 4.79 Å². The lowest BCUT2D eigenvalue weighted by atomic mass is 10.2. The molecule has 0 saturated heterocycles. The number of nitrogens with zero attached hydrogens (tertiary/aromatic N) is 4. The Kier molecular flexibility index (Phi) is 5.34. The second kappa shape index (κ2) is 7.66. The molecular weight excluding hydrogens is 356 g/mol. The number of benzene rings is 1. The van der Waals surface area contributed by atoms with E-state index in [2.05, 4.69) is 19.9 Å². The van der Waals surface area contributed by atoms with Crippen LogP contribution in [0.15, 0.2) is 40.3 Å². The van der Waals surface area contributed by atoms with E-state index in [4.69, 9.17) is 11.5 Å². The van der Waals surface area contributed by atoms with Gasteiger partial charge in [0.25, 0.3) is 5.91 Å². The molecule has 0 bridgehead atoms. The van der Waals surface area contributed by atoms with E-state index in [9.17, 15) is 4.79 Å². The van der Waals surface area contributed by atoms with Gasteiger partial charge < -0.3 is 16.4 Å². The van der Waals surface area contributed by atoms with Crippen molar-refractivity contribution < 1.29 is 4.79 Å². The first-order valence-corrected chi connectivity index (χ1v) is 9.66. The highest BCUT2D eigenvalue weighted by Gasteiger charge is 2.23. The average molecular weight is 374 g/mol. The van der Waals surface area contributed by atoms with Crippen LogP contribution in [-0.2, 0) is 13.0 Å². The van der Waals surface area contributed by atoms with Crippen LogP contribution in [0, 0.1) is 0 Å². The first-order valence-electron chi connectivity index (χ1n) is 7.62. The second-order valence-corrected chi connectivity index (χ2v) is 7.18. The van der Waals surface area contributed by atoms with Crippen molar-refractivity contribution in [2.75, 3.05) is 12.8 Å². The molecule has 2 heterocycles. The molecule has 1 aromatic carbocycles. The Morgan fingerprint density at radius 2 is 2.08 bits per heavy atom. The number of nitrogens with two attached hydrogens (primary N) is 2. The van der Waals surface area contributed by atoms with E-state index in [1.165, 1.54) is 23.1 Å². The summed E-state index contributed by atoms with van der Waals surface area (Å²) < 4.78 is 0. The quantitative estimate of drug-likeness (QED) is 0.614. The molecule has 130 valence electrons. The molecule has 2 aromatic rings. The molecule has 1 aromatic heterocycles. The number of amidine groups is 1. The maximum Gasteiger partial charge on any atom is 0.279 e. The molecule has 0 atom stereocenters. The van der Waals surface area contributed by atoms with Crippen LogP contribution in [0.5, 0.6) is 0 Å². The molecule has 1 aliphatic rings. The highest BCUT2D eigenvalue weighted by molar-refractivity contribution is 8.13. The van der Waals surface area contributed by atoms with Crippen LogP contribution in [0.4, 0.5) is 5.13 Å². The van der Waals surface area contributed by atoms with Crippen molar-refractivity contribution in [3.63, 3.8) is 0 Å². The third-order valence-corrected chi connectivity index (χ3v) is 5.31. The maximum atomic E-state index is 12.3. The van der Waals surface area contributed by atoms with Gasteiger partial charge in [0.05, 0.1) is 12.2 Å². The zero-order valence-electron chi connectivity index (χ0n) is 13.7. The van der Waals surface area contributed by atoms with Crippen molar-refractivity contribution in [1.82, 2.24) is 9.88 Å². The highest BCUT2D eigenvalue weighted by Crippen LogP contribution is 2.31. The molecule has 0 fully saturated rings. The fourth-order valence-electron chi connectivity index (χ4n) is 2.48. The van der Waals surface area contributed by atoms with E-state index in [0.29, 0.717) is 22.4 Å². The standard InChI is InChI=1S/C16H18N6OS2/c1-24-16(20-13(23)10-5-3-2-4-6-10)22-8-7-11-12(9-22)25-15(19-11)21-14(17)18/h2-6H,7-9H2,1H3,(H4,17,18,19,21). The Hall–Kier alpha value is -2.39. The summed E-state index contributed by atoms with van der Waals surface area (Å²) in [6.07, 6.45) is 2.69. The van der Waals surface area contributed by atoms with Crippen LogP contribution in [0.3, 0.4) is 0 Å². The van der Waals surface area contributed by atoms with E-state index in [1.54, 1.807) is 12.1 Å². The Labute approximate surface area is 153 Å². The number of guanidine groups is 1. The number of hydrogen-bond acceptors (Lipinski definition) is 5. The van der Waals surface area contributed by atoms with Gasteiger partial charge in [-0.1, -0.05) is 41.3 Å². The summed E-state index contributed by atoms with van der Waals surface area (Å²) in [4.78, 5) is 28.3. The number of hydrogen-bond donors (Lipinski definition) is 2. The van der Waals surface area contributed by atoms with Crippen LogP contribution in [0.25, 0.3) is 0 Å². The Bertz CT molecular complexity index is 826. The third kappa shape index (κ3) is 4.18. The molecule has 0 saturated carbocycles. The minimum Gasteiger partial charge on any atom is -0.370 e. The van der Waals surface area contributed by atoms with E-state index in [0.717, 1.165) is 23.5 Å². The van der Waals surface area contributed by atoms with Crippen molar-refractivity contribution in [3.8, 4) is 0 Å². The summed E-state index contributed by atoms with van der Waals surface area (Å²) >= 11 is 2.92. The molecule has 7 nitrogen and oxygen atoms in total. The summed E-state index contributed by atoms with van der Waals surface area (Å²) in [6, 6.07) is 9.07.